The highest BCUT2D eigenvalue weighted by molar-refractivity contribution is 5.92. The predicted octanol–water partition coefficient (Wildman–Crippen LogP) is 3.39. The summed E-state index contributed by atoms with van der Waals surface area (Å²) in [5.74, 6) is -1.52. The van der Waals surface area contributed by atoms with E-state index in [1.54, 1.807) is 18.2 Å². The van der Waals surface area contributed by atoms with E-state index in [1.165, 1.54) is 19.1 Å². The van der Waals surface area contributed by atoms with Crippen LogP contribution in [0.2, 0.25) is 0 Å². The van der Waals surface area contributed by atoms with E-state index in [2.05, 4.69) is 17.1 Å². The number of amides is 1. The van der Waals surface area contributed by atoms with Crippen LogP contribution < -0.4 is 10.1 Å². The number of carbonyl (C=O) groups is 5. The number of carbonyl (C=O) groups excluding carboxylic acids is 5. The van der Waals surface area contributed by atoms with Gasteiger partial charge >= 0.3 is 12.1 Å². The van der Waals surface area contributed by atoms with E-state index in [4.69, 9.17) is 24.6 Å². The number of fused-ring (bicyclic) bond motifs is 5. The summed E-state index contributed by atoms with van der Waals surface area (Å²) in [5.41, 5.74) is -1.30. The van der Waals surface area contributed by atoms with Gasteiger partial charge in [-0.3, -0.25) is 29.6 Å². The number of esters is 1. The fourth-order valence-corrected chi connectivity index (χ4v) is 9.51. The van der Waals surface area contributed by atoms with E-state index in [-0.39, 0.29) is 67.2 Å². The van der Waals surface area contributed by atoms with E-state index in [9.17, 15) is 34.2 Å². The van der Waals surface area contributed by atoms with Crippen molar-refractivity contribution in [1.29, 1.82) is 0 Å². The molecule has 1 amide bonds. The Morgan fingerprint density at radius 3 is 2.40 bits per heavy atom. The minimum absolute atomic E-state index is 0.00357. The van der Waals surface area contributed by atoms with E-state index in [0.29, 0.717) is 37.7 Å². The topological polar surface area (TPSA) is 218 Å². The molecule has 15 heteroatoms. The molecule has 0 aromatic heterocycles. The number of Topliss-reactive ketones (excluding diaryl/α,β-unsaturated/α-hetero) is 1. The zero-order chi connectivity index (χ0) is 37.8. The molecule has 286 valence electrons. The van der Waals surface area contributed by atoms with Crippen molar-refractivity contribution in [2.45, 2.75) is 103 Å². The molecular formula is C37H50N2O13. The van der Waals surface area contributed by atoms with Gasteiger partial charge in [0.1, 0.15) is 17.4 Å². The van der Waals surface area contributed by atoms with Crippen LogP contribution in [-0.4, -0.2) is 93.2 Å². The molecule has 3 fully saturated rings. The second-order valence-corrected chi connectivity index (χ2v) is 15.1. The number of aliphatic hydroxyl groups excluding tert-OH is 1. The SMILES string of the molecule is CC(=O)N[C@@H](Cc1ccc(OC(=O)OCC(=O)[C@@]2(O)CC[C@H]3[C@@H]4CCC5=CC(=O)CC[C@]5(C)[C@H]4[C@@H](O)C[C@@]32C)cc1)C(=O)OCCCCON(O)O. The molecule has 3 saturated carbocycles. The molecule has 1 aromatic carbocycles. The summed E-state index contributed by atoms with van der Waals surface area (Å²) in [6.07, 6.45) is 4.37. The average molecular weight is 731 g/mol. The first-order valence-electron chi connectivity index (χ1n) is 17.9. The number of benzene rings is 1. The molecule has 0 saturated heterocycles. The van der Waals surface area contributed by atoms with Crippen molar-refractivity contribution >= 4 is 29.6 Å². The number of hydrogen-bond donors (Lipinski definition) is 5. The lowest BCUT2D eigenvalue weighted by atomic mass is 9.45. The maximum absolute atomic E-state index is 13.6. The average Bonchev–Trinajstić information content (AvgIpc) is 3.35. The Bertz CT molecular complexity index is 1550. The van der Waals surface area contributed by atoms with Crippen LogP contribution >= 0.6 is 0 Å². The van der Waals surface area contributed by atoms with Crippen LogP contribution in [0, 0.1) is 28.6 Å². The summed E-state index contributed by atoms with van der Waals surface area (Å²) in [7, 11) is 0. The van der Waals surface area contributed by atoms with Crippen LogP contribution in [0.25, 0.3) is 0 Å². The Labute approximate surface area is 302 Å². The number of allylic oxidation sites excluding steroid dienone is 1. The van der Waals surface area contributed by atoms with Gasteiger partial charge in [0.05, 0.1) is 24.7 Å². The standard InChI is InChI=1S/C37H50N2O13/c1-22(40)38-29(33(44)49-16-4-5-17-51-39(47)48)18-23-6-9-26(10-7-23)52-34(45)50-21-31(43)37(46)15-13-28-27-11-8-24-19-25(41)12-14-35(24,2)32(27)30(42)20-36(28,37)3/h6-7,9-10,19,27-30,32,42,46-48H,4-5,8,11-18,20-21H2,1-3H3,(H,38,40)/t27-,28-,29-,30-,32+,35-,36-,37-/m0/s1. The molecule has 8 atom stereocenters. The molecule has 0 radical (unpaired) electrons. The lowest BCUT2D eigenvalue weighted by Crippen LogP contribution is -2.62. The number of unbranched alkanes of at least 4 members (excludes halogenated alkanes) is 1. The van der Waals surface area contributed by atoms with E-state index in [1.807, 2.05) is 6.92 Å². The first-order chi connectivity index (χ1) is 24.6. The molecule has 4 aliphatic carbocycles. The summed E-state index contributed by atoms with van der Waals surface area (Å²) < 4.78 is 15.7. The normalized spacial score (nSPS) is 31.4. The molecule has 0 bridgehead atoms. The van der Waals surface area contributed by atoms with Gasteiger partial charge in [-0.1, -0.05) is 31.6 Å². The number of ketones is 2. The highest BCUT2D eigenvalue weighted by Gasteiger charge is 2.68. The number of aliphatic hydroxyl groups is 2. The summed E-state index contributed by atoms with van der Waals surface area (Å²) in [6.45, 7) is 4.58. The fourth-order valence-electron chi connectivity index (χ4n) is 9.51. The Morgan fingerprint density at radius 1 is 1.00 bits per heavy atom. The summed E-state index contributed by atoms with van der Waals surface area (Å²) >= 11 is 0. The van der Waals surface area contributed by atoms with E-state index in [0.717, 1.165) is 18.4 Å². The van der Waals surface area contributed by atoms with Crippen molar-refractivity contribution in [3.63, 3.8) is 0 Å². The van der Waals surface area contributed by atoms with Gasteiger partial charge in [-0.15, -0.1) is 0 Å². The molecule has 0 heterocycles. The van der Waals surface area contributed by atoms with Crippen molar-refractivity contribution in [3.05, 3.63) is 41.5 Å². The second kappa shape index (κ2) is 16.1. The van der Waals surface area contributed by atoms with Gasteiger partial charge in [0.15, 0.2) is 12.4 Å². The third-order valence-corrected chi connectivity index (χ3v) is 12.0. The molecule has 0 aliphatic heterocycles. The number of nitrogens with zero attached hydrogens (tertiary/aromatic N) is 1. The molecule has 4 aliphatic rings. The minimum atomic E-state index is -1.80. The molecule has 5 rings (SSSR count). The van der Waals surface area contributed by atoms with Gasteiger partial charge in [-0.05, 0) is 98.3 Å². The van der Waals surface area contributed by atoms with Gasteiger partial charge in [-0.25, -0.2) is 9.59 Å². The fraction of sp³-hybridized carbons (Fsp3) is 0.649. The van der Waals surface area contributed by atoms with Gasteiger partial charge in [0, 0.05) is 25.2 Å². The molecular weight excluding hydrogens is 680 g/mol. The van der Waals surface area contributed by atoms with Crippen LogP contribution in [0.4, 0.5) is 4.79 Å². The largest absolute Gasteiger partial charge is 0.514 e. The molecule has 15 nitrogen and oxygen atoms in total. The number of ether oxygens (including phenoxy) is 3. The number of rotatable bonds is 14. The highest BCUT2D eigenvalue weighted by atomic mass is 17.1. The van der Waals surface area contributed by atoms with Gasteiger partial charge in [-0.2, -0.15) is 0 Å². The van der Waals surface area contributed by atoms with Crippen molar-refractivity contribution in [3.8, 4) is 5.75 Å². The molecule has 1 aromatic rings. The van der Waals surface area contributed by atoms with Crippen molar-refractivity contribution in [2.75, 3.05) is 19.8 Å². The molecule has 5 N–H and O–H groups in total. The molecule has 0 unspecified atom stereocenters. The van der Waals surface area contributed by atoms with Gasteiger partial charge < -0.3 is 29.7 Å². The second-order valence-electron chi connectivity index (χ2n) is 15.1. The van der Waals surface area contributed by atoms with Crippen molar-refractivity contribution < 1.29 is 63.6 Å². The third-order valence-electron chi connectivity index (χ3n) is 12.0. The van der Waals surface area contributed by atoms with Crippen molar-refractivity contribution in [1.82, 2.24) is 10.7 Å². The Hall–Kier alpha value is -3.73. The van der Waals surface area contributed by atoms with Gasteiger partial charge in [0.2, 0.25) is 11.7 Å². The number of hydrogen-bond acceptors (Lipinski definition) is 14. The lowest BCUT2D eigenvalue weighted by Gasteiger charge is -2.60. The molecule has 0 spiro atoms. The van der Waals surface area contributed by atoms with Crippen LogP contribution in [0.3, 0.4) is 0 Å². The van der Waals surface area contributed by atoms with E-state index >= 15 is 0 Å². The Kier molecular flexibility index (Phi) is 12.2. The van der Waals surface area contributed by atoms with E-state index < -0.39 is 59.0 Å². The number of nitrogens with one attached hydrogen (secondary N) is 1. The lowest BCUT2D eigenvalue weighted by molar-refractivity contribution is -0.492. The Balaban J connectivity index is 1.13. The monoisotopic (exact) mass is 730 g/mol. The summed E-state index contributed by atoms with van der Waals surface area (Å²) in [5, 5.41) is 42.7. The van der Waals surface area contributed by atoms with Gasteiger partial charge in [0.25, 0.3) is 0 Å². The Morgan fingerprint density at radius 2 is 1.71 bits per heavy atom. The zero-order valence-electron chi connectivity index (χ0n) is 29.9. The smallest absolute Gasteiger partial charge is 0.464 e. The zero-order valence-corrected chi connectivity index (χ0v) is 29.9. The van der Waals surface area contributed by atoms with Crippen LogP contribution in [0.15, 0.2) is 35.9 Å². The third kappa shape index (κ3) is 8.24. The minimum Gasteiger partial charge on any atom is -0.464 e. The maximum atomic E-state index is 13.6. The van der Waals surface area contributed by atoms with Crippen LogP contribution in [-0.2, 0) is 39.9 Å². The highest BCUT2D eigenvalue weighted by Crippen LogP contribution is 2.67. The maximum Gasteiger partial charge on any atom is 0.514 e. The summed E-state index contributed by atoms with van der Waals surface area (Å²) in [6, 6.07) is 5.10. The first kappa shape index (κ1) is 39.5. The quantitative estimate of drug-likeness (QED) is 0.0803. The van der Waals surface area contributed by atoms with Crippen LogP contribution in [0.5, 0.6) is 5.75 Å². The van der Waals surface area contributed by atoms with Crippen LogP contribution in [0.1, 0.15) is 84.1 Å². The predicted molar refractivity (Wildman–Crippen MR) is 179 cm³/mol. The first-order valence-corrected chi connectivity index (χ1v) is 17.9. The van der Waals surface area contributed by atoms with Crippen molar-refractivity contribution in [2.24, 2.45) is 28.6 Å². The summed E-state index contributed by atoms with van der Waals surface area (Å²) in [4.78, 5) is 67.1. The molecule has 52 heavy (non-hydrogen) atoms.